The summed E-state index contributed by atoms with van der Waals surface area (Å²) in [6, 6.07) is 5.36. The lowest BCUT2D eigenvalue weighted by Gasteiger charge is -2.08. The molecule has 0 aliphatic heterocycles. The maximum Gasteiger partial charge on any atom is 0.394 e. The van der Waals surface area contributed by atoms with E-state index in [0.717, 1.165) is 17.1 Å². The van der Waals surface area contributed by atoms with Crippen LogP contribution in [0, 0.1) is 6.92 Å². The minimum Gasteiger partial charge on any atom is -0.399 e. The third kappa shape index (κ3) is 5.56. The van der Waals surface area contributed by atoms with E-state index in [2.05, 4.69) is 15.5 Å². The number of aromatic nitrogens is 2. The van der Waals surface area contributed by atoms with E-state index >= 15 is 0 Å². The van der Waals surface area contributed by atoms with E-state index in [4.69, 9.17) is 29.0 Å². The van der Waals surface area contributed by atoms with Crippen LogP contribution in [0.4, 0.5) is 22.7 Å². The molecule has 0 spiro atoms. The Bertz CT molecular complexity index is 675. The molecule has 0 atom stereocenters. The Kier molecular flexibility index (Phi) is 4.91. The number of nitrogens with one attached hydrogen (secondary N) is 2. The summed E-state index contributed by atoms with van der Waals surface area (Å²) < 4.78 is 31.6. The van der Waals surface area contributed by atoms with Crippen molar-refractivity contribution in [1.82, 2.24) is 10.2 Å². The fourth-order valence-electron chi connectivity index (χ4n) is 1.32. The Labute approximate surface area is 115 Å². The molecule has 1 aromatic carbocycles. The number of anilines is 4. The first-order chi connectivity index (χ1) is 9.16. The first-order valence-corrected chi connectivity index (χ1v) is 6.68. The molecule has 2 rings (SSSR count). The zero-order valence-electron chi connectivity index (χ0n) is 10.5. The molecule has 10 heteroatoms. The van der Waals surface area contributed by atoms with Gasteiger partial charge in [0.15, 0.2) is 0 Å². The van der Waals surface area contributed by atoms with Gasteiger partial charge in [-0.3, -0.25) is 14.2 Å². The fraction of sp³-hybridized carbons (Fsp3) is 0.100. The van der Waals surface area contributed by atoms with Crippen LogP contribution in [0.1, 0.15) is 5.69 Å². The number of nitrogens with zero attached hydrogens (tertiary/aromatic N) is 1. The number of hydrogen-bond acceptors (Lipinski definition) is 6. The van der Waals surface area contributed by atoms with Crippen molar-refractivity contribution in [2.45, 2.75) is 6.92 Å². The Hall–Kier alpha value is -2.30. The van der Waals surface area contributed by atoms with Gasteiger partial charge in [0.05, 0.1) is 29.0 Å². The van der Waals surface area contributed by atoms with Crippen molar-refractivity contribution in [3.05, 3.63) is 30.1 Å². The molecule has 0 bridgehead atoms. The lowest BCUT2D eigenvalue weighted by atomic mass is 10.2. The molecular formula is C10H15N5O4S. The number of rotatable bonds is 2. The molecule has 0 aliphatic rings. The molecule has 2 aromatic rings. The molecule has 0 saturated carbocycles. The Balaban J connectivity index is 0.000000347. The molecule has 0 saturated heterocycles. The van der Waals surface area contributed by atoms with E-state index in [1.807, 2.05) is 13.0 Å². The molecule has 20 heavy (non-hydrogen) atoms. The van der Waals surface area contributed by atoms with Gasteiger partial charge < -0.3 is 16.8 Å². The molecule has 8 N–H and O–H groups in total. The Morgan fingerprint density at radius 3 is 2.30 bits per heavy atom. The molecular weight excluding hydrogens is 286 g/mol. The molecule has 0 unspecified atom stereocenters. The van der Waals surface area contributed by atoms with Crippen LogP contribution in [0.15, 0.2) is 24.4 Å². The average molecular weight is 301 g/mol. The molecule has 110 valence electrons. The van der Waals surface area contributed by atoms with Gasteiger partial charge >= 0.3 is 10.4 Å². The summed E-state index contributed by atoms with van der Waals surface area (Å²) in [7, 11) is -4.67. The second-order valence-electron chi connectivity index (χ2n) is 3.83. The standard InChI is InChI=1S/C10H13N5.H2O4S/c1-6-10(5-13-15-6)14-9-3-2-7(11)4-8(9)12;1-5(2,3)4/h2-5,14H,11-12H2,1H3,(H,13,15);(H2,1,2,3,4). The van der Waals surface area contributed by atoms with Gasteiger partial charge in [-0.1, -0.05) is 0 Å². The summed E-state index contributed by atoms with van der Waals surface area (Å²) in [5, 5.41) is 9.93. The van der Waals surface area contributed by atoms with Crippen LogP contribution in [0.2, 0.25) is 0 Å². The van der Waals surface area contributed by atoms with Gasteiger partial charge in [0.2, 0.25) is 0 Å². The van der Waals surface area contributed by atoms with E-state index in [1.165, 1.54) is 0 Å². The lowest BCUT2D eigenvalue weighted by Crippen LogP contribution is -1.97. The van der Waals surface area contributed by atoms with Gasteiger partial charge in [-0.05, 0) is 25.1 Å². The zero-order valence-corrected chi connectivity index (χ0v) is 11.3. The smallest absolute Gasteiger partial charge is 0.394 e. The van der Waals surface area contributed by atoms with Crippen LogP contribution in [0.25, 0.3) is 0 Å². The van der Waals surface area contributed by atoms with Gasteiger partial charge in [-0.15, -0.1) is 0 Å². The minimum absolute atomic E-state index is 0.621. The predicted molar refractivity (Wildman–Crippen MR) is 76.1 cm³/mol. The maximum absolute atomic E-state index is 8.74. The van der Waals surface area contributed by atoms with Gasteiger partial charge in [-0.25, -0.2) is 0 Å². The first kappa shape index (κ1) is 15.8. The van der Waals surface area contributed by atoms with Crippen LogP contribution in [0.5, 0.6) is 0 Å². The molecule has 0 amide bonds. The van der Waals surface area contributed by atoms with Crippen LogP contribution < -0.4 is 16.8 Å². The lowest BCUT2D eigenvalue weighted by molar-refractivity contribution is 0.381. The Morgan fingerprint density at radius 2 is 1.85 bits per heavy atom. The zero-order chi connectivity index (χ0) is 15.3. The summed E-state index contributed by atoms with van der Waals surface area (Å²) in [6.07, 6.45) is 1.71. The summed E-state index contributed by atoms with van der Waals surface area (Å²) in [5.41, 5.74) is 15.4. The number of nitrogen functional groups attached to an aromatic ring is 2. The highest BCUT2D eigenvalue weighted by molar-refractivity contribution is 7.79. The van der Waals surface area contributed by atoms with Crippen LogP contribution in [0.3, 0.4) is 0 Å². The maximum atomic E-state index is 8.74. The average Bonchev–Trinajstić information content (AvgIpc) is 2.66. The number of H-pyrrole nitrogens is 1. The number of aryl methyl sites for hydroxylation is 1. The Morgan fingerprint density at radius 1 is 1.25 bits per heavy atom. The van der Waals surface area contributed by atoms with Gasteiger partial charge in [-0.2, -0.15) is 13.5 Å². The SMILES string of the molecule is Cc1[nH]ncc1Nc1ccc(N)cc1N.O=S(=O)(O)O. The highest BCUT2D eigenvalue weighted by Gasteiger charge is 2.03. The number of benzene rings is 1. The van der Waals surface area contributed by atoms with E-state index in [0.29, 0.717) is 11.4 Å². The van der Waals surface area contributed by atoms with Crippen molar-refractivity contribution in [3.63, 3.8) is 0 Å². The van der Waals surface area contributed by atoms with Crippen LogP contribution in [-0.4, -0.2) is 27.7 Å². The van der Waals surface area contributed by atoms with Gasteiger partial charge in [0.1, 0.15) is 0 Å². The summed E-state index contributed by atoms with van der Waals surface area (Å²) in [4.78, 5) is 0. The van der Waals surface area contributed by atoms with Crippen LogP contribution >= 0.6 is 0 Å². The van der Waals surface area contributed by atoms with Gasteiger partial charge in [0, 0.05) is 5.69 Å². The van der Waals surface area contributed by atoms with Crippen molar-refractivity contribution in [2.75, 3.05) is 16.8 Å². The molecule has 1 heterocycles. The van der Waals surface area contributed by atoms with Crippen LogP contribution in [-0.2, 0) is 10.4 Å². The molecule has 0 fully saturated rings. The molecule has 0 aliphatic carbocycles. The largest absolute Gasteiger partial charge is 0.399 e. The monoisotopic (exact) mass is 301 g/mol. The quantitative estimate of drug-likeness (QED) is 0.352. The second kappa shape index (κ2) is 6.23. The van der Waals surface area contributed by atoms with Crippen molar-refractivity contribution in [3.8, 4) is 0 Å². The van der Waals surface area contributed by atoms with Crippen molar-refractivity contribution < 1.29 is 17.5 Å². The normalized spacial score (nSPS) is 10.6. The van der Waals surface area contributed by atoms with Crippen molar-refractivity contribution in [1.29, 1.82) is 0 Å². The highest BCUT2D eigenvalue weighted by Crippen LogP contribution is 2.25. The minimum atomic E-state index is -4.67. The van der Waals surface area contributed by atoms with Crippen molar-refractivity contribution in [2.24, 2.45) is 0 Å². The van der Waals surface area contributed by atoms with Crippen molar-refractivity contribution >= 4 is 33.1 Å². The third-order valence-corrected chi connectivity index (χ3v) is 2.17. The summed E-state index contributed by atoms with van der Waals surface area (Å²) in [6.45, 7) is 1.93. The second-order valence-corrected chi connectivity index (χ2v) is 4.72. The van der Waals surface area contributed by atoms with E-state index < -0.39 is 10.4 Å². The molecule has 9 nitrogen and oxygen atoms in total. The number of aromatic amines is 1. The summed E-state index contributed by atoms with van der Waals surface area (Å²) >= 11 is 0. The topological polar surface area (TPSA) is 167 Å². The highest BCUT2D eigenvalue weighted by atomic mass is 32.3. The van der Waals surface area contributed by atoms with E-state index in [-0.39, 0.29) is 0 Å². The number of hydrogen-bond donors (Lipinski definition) is 6. The van der Waals surface area contributed by atoms with E-state index in [9.17, 15) is 0 Å². The fourth-order valence-corrected chi connectivity index (χ4v) is 1.32. The predicted octanol–water partition coefficient (Wildman–Crippen LogP) is 0.973. The van der Waals surface area contributed by atoms with E-state index in [1.54, 1.807) is 18.3 Å². The first-order valence-electron chi connectivity index (χ1n) is 5.28. The molecule has 1 aromatic heterocycles. The molecule has 0 radical (unpaired) electrons. The summed E-state index contributed by atoms with van der Waals surface area (Å²) in [5.74, 6) is 0. The third-order valence-electron chi connectivity index (χ3n) is 2.17. The number of nitrogens with two attached hydrogens (primary N) is 2. The van der Waals surface area contributed by atoms with Gasteiger partial charge in [0.25, 0.3) is 0 Å².